The molecule has 474 valence electrons. The first-order valence-corrected chi connectivity index (χ1v) is 32.7. The first-order valence-electron chi connectivity index (χ1n) is 32.7. The lowest BCUT2D eigenvalue weighted by Crippen LogP contribution is -2.29. The smallest absolute Gasteiger partial charge is 0.159 e. The molecule has 1 heterocycles. The number of furan rings is 1. The summed E-state index contributed by atoms with van der Waals surface area (Å²) in [7, 11) is 0. The lowest BCUT2D eigenvalue weighted by molar-refractivity contribution is 0.482. The highest BCUT2D eigenvalue weighted by atomic mass is 19.1. The quantitative estimate of drug-likeness (QED) is 0.0902. The van der Waals surface area contributed by atoms with Crippen LogP contribution < -0.4 is 19.3 Å². The van der Waals surface area contributed by atoms with E-state index in [1.807, 2.05) is 158 Å². The molecule has 99 heavy (non-hydrogen) atoms. The molecule has 0 radical (unpaired) electrons. The van der Waals surface area contributed by atoms with Gasteiger partial charge in [-0.15, -0.1) is 0 Å². The van der Waals surface area contributed by atoms with Crippen LogP contribution in [0.3, 0.4) is 0 Å². The fraction of sp³-hybridized carbons (Fsp3) is 0.0222. The van der Waals surface area contributed by atoms with Gasteiger partial charge < -0.3 is 23.7 Å². The van der Waals surface area contributed by atoms with Crippen LogP contribution in [0.25, 0.3) is 56.3 Å². The van der Waals surface area contributed by atoms with Gasteiger partial charge in [0, 0.05) is 33.5 Å². The van der Waals surface area contributed by atoms with E-state index in [-0.39, 0.29) is 11.6 Å². The molecule has 0 amide bonds. The monoisotopic (exact) mass is 1290 g/mol. The molecule has 2 aliphatic carbocycles. The molecule has 0 bridgehead atoms. The van der Waals surface area contributed by atoms with Crippen molar-refractivity contribution in [3.05, 3.63) is 408 Å². The number of rotatable bonds is 16. The van der Waals surface area contributed by atoms with Crippen LogP contribution in [0.15, 0.2) is 333 Å². The third kappa shape index (κ3) is 9.99. The molecule has 9 heteroatoms. The number of nitrogens with zero attached hydrogens (tertiary/aromatic N) is 2. The minimum atomic E-state index is -0.976. The van der Waals surface area contributed by atoms with E-state index in [1.165, 1.54) is 48.5 Å². The summed E-state index contributed by atoms with van der Waals surface area (Å²) in [6.07, 6.45) is 3.58. The van der Waals surface area contributed by atoms with Crippen LogP contribution in [0.2, 0.25) is 0 Å². The van der Waals surface area contributed by atoms with Gasteiger partial charge in [-0.1, -0.05) is 183 Å². The normalized spacial score (nSPS) is 14.8. The van der Waals surface area contributed by atoms with E-state index in [0.717, 1.165) is 100 Å². The Balaban J connectivity index is 0.834. The first-order chi connectivity index (χ1) is 48.6. The van der Waals surface area contributed by atoms with Gasteiger partial charge in [-0.05, 0) is 236 Å². The molecule has 0 saturated heterocycles. The molecule has 17 rings (SSSR count). The van der Waals surface area contributed by atoms with E-state index < -0.39 is 22.5 Å². The number of fused-ring (bicyclic) bond motifs is 9. The van der Waals surface area contributed by atoms with Crippen molar-refractivity contribution in [3.8, 4) is 45.3 Å². The summed E-state index contributed by atoms with van der Waals surface area (Å²) in [4.78, 5) is 4.20. The Morgan fingerprint density at radius 3 is 0.949 bits per heavy atom. The maximum Gasteiger partial charge on any atom is 0.159 e. The van der Waals surface area contributed by atoms with Crippen molar-refractivity contribution in [2.45, 2.75) is 10.8 Å². The predicted octanol–water partition coefficient (Wildman–Crippen LogP) is 24.7. The number of benzene rings is 14. The Hall–Kier alpha value is -12.7. The minimum Gasteiger partial charge on any atom is -0.457 e. The molecule has 0 fully saturated rings. The summed E-state index contributed by atoms with van der Waals surface area (Å²) in [6, 6.07) is 99.8. The third-order valence-corrected chi connectivity index (χ3v) is 19.5. The second-order valence-corrected chi connectivity index (χ2v) is 24.9. The van der Waals surface area contributed by atoms with Gasteiger partial charge in [0.1, 0.15) is 46.3 Å². The Morgan fingerprint density at radius 1 is 0.293 bits per heavy atom. The van der Waals surface area contributed by atoms with E-state index >= 15 is 17.6 Å². The van der Waals surface area contributed by atoms with E-state index in [0.29, 0.717) is 56.9 Å². The summed E-state index contributed by atoms with van der Waals surface area (Å²) < 4.78 is 81.5. The van der Waals surface area contributed by atoms with Crippen molar-refractivity contribution < 1.29 is 31.5 Å². The lowest BCUT2D eigenvalue weighted by Gasteiger charge is -2.35. The second kappa shape index (κ2) is 24.2. The molecular formula is C90H58F4N2O3. The second-order valence-electron chi connectivity index (χ2n) is 24.9. The fourth-order valence-corrected chi connectivity index (χ4v) is 15.1. The highest BCUT2D eigenvalue weighted by Gasteiger charge is 2.48. The molecule has 1 aromatic heterocycles. The van der Waals surface area contributed by atoms with Gasteiger partial charge in [-0.25, -0.2) is 17.6 Å². The number of hydrogen-bond donors (Lipinski definition) is 0. The van der Waals surface area contributed by atoms with Crippen LogP contribution >= 0.6 is 0 Å². The Labute approximate surface area is 569 Å². The first kappa shape index (κ1) is 60.0. The average Bonchev–Trinajstić information content (AvgIpc) is 1.55. The molecule has 0 saturated carbocycles. The number of hydrogen-bond acceptors (Lipinski definition) is 5. The summed E-state index contributed by atoms with van der Waals surface area (Å²) in [6.45, 7) is 7.79. The molecule has 2 atom stereocenters. The van der Waals surface area contributed by atoms with Gasteiger partial charge in [-0.3, -0.25) is 0 Å². The number of halogens is 4. The summed E-state index contributed by atoms with van der Waals surface area (Å²) in [5.41, 5.74) is 16.8. The Morgan fingerprint density at radius 2 is 0.596 bits per heavy atom. The topological polar surface area (TPSA) is 38.1 Å². The molecular weight excluding hydrogens is 1230 g/mol. The lowest BCUT2D eigenvalue weighted by atomic mass is 9.67. The Bertz CT molecular complexity index is 5270. The standard InChI is InChI=1S/C90H58F4N2O3/c1-3-57-19-45-71(46-20-57)97-73-49-27-61(28-50-73)89(59-23-31-63(91)32-24-59)81-15-7-5-11-75(81)77-53-43-69(55-83(77)89)95(67-39-35-65(93)36-40-67)85-17-9-13-79-80-14-10-18-86(88(80)99-87(79)85)96(68-41-37-66(94)38-42-68)70-44-54-78-76-12-6-8-16-82(76)90(84(78)56-70,60-25-33-64(92)34-26-60)62-29-51-74(52-30-62)98-72-47-21-58(4-2)22-48-72/h3-56H,1-2H2. The zero-order valence-electron chi connectivity index (χ0n) is 53.2. The highest BCUT2D eigenvalue weighted by molar-refractivity contribution is 6.14. The number of ether oxygens (including phenoxy) is 2. The van der Waals surface area contributed by atoms with Crippen molar-refractivity contribution in [1.82, 2.24) is 0 Å². The largest absolute Gasteiger partial charge is 0.457 e. The van der Waals surface area contributed by atoms with Crippen molar-refractivity contribution in [2.75, 3.05) is 9.80 Å². The zero-order valence-corrected chi connectivity index (χ0v) is 53.2. The molecule has 0 spiro atoms. The van der Waals surface area contributed by atoms with Crippen molar-refractivity contribution in [3.63, 3.8) is 0 Å². The van der Waals surface area contributed by atoms with Crippen LogP contribution in [0.5, 0.6) is 23.0 Å². The predicted molar refractivity (Wildman–Crippen MR) is 391 cm³/mol. The molecule has 0 N–H and O–H groups in total. The maximum atomic E-state index is 15.3. The van der Waals surface area contributed by atoms with Crippen LogP contribution in [-0.2, 0) is 10.8 Å². The average molecular weight is 1290 g/mol. The van der Waals surface area contributed by atoms with Gasteiger partial charge in [-0.2, -0.15) is 0 Å². The molecule has 2 aliphatic rings. The van der Waals surface area contributed by atoms with E-state index in [9.17, 15) is 0 Å². The van der Waals surface area contributed by atoms with E-state index in [2.05, 4.69) is 108 Å². The molecule has 0 aliphatic heterocycles. The van der Waals surface area contributed by atoms with Gasteiger partial charge in [0.25, 0.3) is 0 Å². The summed E-state index contributed by atoms with van der Waals surface area (Å²) >= 11 is 0. The number of para-hydroxylation sites is 2. The highest BCUT2D eigenvalue weighted by Crippen LogP contribution is 2.60. The molecule has 5 nitrogen and oxygen atoms in total. The molecule has 14 aromatic carbocycles. The summed E-state index contributed by atoms with van der Waals surface area (Å²) in [5.74, 6) is 1.14. The number of anilines is 6. The van der Waals surface area contributed by atoms with Crippen LogP contribution in [0.1, 0.15) is 55.6 Å². The molecule has 15 aromatic rings. The van der Waals surface area contributed by atoms with Crippen LogP contribution in [0.4, 0.5) is 51.7 Å². The minimum absolute atomic E-state index is 0.357. The van der Waals surface area contributed by atoms with Crippen molar-refractivity contribution in [1.29, 1.82) is 0 Å². The van der Waals surface area contributed by atoms with Crippen molar-refractivity contribution >= 4 is 68.2 Å². The SMILES string of the molecule is C=Cc1ccc(Oc2ccc(C3(c4ccc(F)cc4)c4ccccc4-c4ccc(N(c5ccc(F)cc5)c5cccc6c5oc5c(N(c7ccc(F)cc7)c7ccc8c(c7)C(c7ccc(F)cc7)(c7ccc(Oc9ccc(C=C)cc9)cc7)c7ccccc7-8)cccc56)cc43)cc2)cc1. The summed E-state index contributed by atoms with van der Waals surface area (Å²) in [5, 5.41) is 1.62. The molecule has 2 unspecified atom stereocenters. The van der Waals surface area contributed by atoms with Gasteiger partial charge in [0.05, 0.1) is 22.2 Å². The van der Waals surface area contributed by atoms with E-state index in [1.54, 1.807) is 36.4 Å². The van der Waals surface area contributed by atoms with Gasteiger partial charge in [0.2, 0.25) is 0 Å². The Kier molecular flexibility index (Phi) is 14.6. The fourth-order valence-electron chi connectivity index (χ4n) is 15.1. The van der Waals surface area contributed by atoms with Gasteiger partial charge >= 0.3 is 0 Å². The van der Waals surface area contributed by atoms with Gasteiger partial charge in [0.15, 0.2) is 11.2 Å². The van der Waals surface area contributed by atoms with Crippen LogP contribution in [-0.4, -0.2) is 0 Å². The maximum absolute atomic E-state index is 15.3. The van der Waals surface area contributed by atoms with E-state index in [4.69, 9.17) is 13.9 Å². The van der Waals surface area contributed by atoms with Crippen LogP contribution in [0, 0.1) is 23.3 Å². The zero-order chi connectivity index (χ0) is 66.9. The van der Waals surface area contributed by atoms with Crippen molar-refractivity contribution in [2.24, 2.45) is 0 Å². The third-order valence-electron chi connectivity index (χ3n) is 19.5.